The number of hydrogen-bond acceptors (Lipinski definition) is 3. The monoisotopic (exact) mass is 215 g/mol. The van der Waals surface area contributed by atoms with Crippen LogP contribution in [0.15, 0.2) is 0 Å². The minimum atomic E-state index is -0.0757. The zero-order valence-electron chi connectivity index (χ0n) is 10.6. The van der Waals surface area contributed by atoms with E-state index in [2.05, 4.69) is 18.7 Å². The van der Waals surface area contributed by atoms with Crippen LogP contribution in [0.4, 0.5) is 0 Å². The fourth-order valence-electron chi connectivity index (χ4n) is 1.22. The fourth-order valence-corrected chi connectivity index (χ4v) is 1.22. The molecule has 0 spiro atoms. The third-order valence-electron chi connectivity index (χ3n) is 2.76. The first-order chi connectivity index (χ1) is 6.78. The first kappa shape index (κ1) is 14.4. The molecular weight excluding hydrogens is 190 g/mol. The molecule has 90 valence electrons. The van der Waals surface area contributed by atoms with Crippen molar-refractivity contribution in [2.45, 2.75) is 32.8 Å². The highest BCUT2D eigenvalue weighted by molar-refractivity contribution is 5.79. The zero-order chi connectivity index (χ0) is 12.1. The van der Waals surface area contributed by atoms with Crippen LogP contribution in [0.3, 0.4) is 0 Å². The van der Waals surface area contributed by atoms with Crippen molar-refractivity contribution in [1.29, 1.82) is 5.41 Å². The molecule has 3 N–H and O–H groups in total. The lowest BCUT2D eigenvalue weighted by molar-refractivity contribution is 0.00882. The second-order valence-electron chi connectivity index (χ2n) is 4.83. The molecule has 0 aliphatic heterocycles. The molecule has 0 saturated carbocycles. The molecule has 1 atom stereocenters. The van der Waals surface area contributed by atoms with Crippen LogP contribution < -0.4 is 5.73 Å². The van der Waals surface area contributed by atoms with Crippen LogP contribution in [0.2, 0.25) is 0 Å². The van der Waals surface area contributed by atoms with Gasteiger partial charge in [-0.05, 0) is 27.3 Å². The molecule has 0 aromatic heterocycles. The number of methoxy groups -OCH3 is 1. The number of nitrogens with zero attached hydrogens (tertiary/aromatic N) is 1. The summed E-state index contributed by atoms with van der Waals surface area (Å²) in [6.07, 6.45) is 0.977. The van der Waals surface area contributed by atoms with Crippen molar-refractivity contribution in [2.75, 3.05) is 27.2 Å². The van der Waals surface area contributed by atoms with Crippen molar-refractivity contribution in [3.05, 3.63) is 0 Å². The van der Waals surface area contributed by atoms with Gasteiger partial charge < -0.3 is 15.4 Å². The van der Waals surface area contributed by atoms with Crippen molar-refractivity contribution in [2.24, 2.45) is 11.7 Å². The molecule has 0 aromatic rings. The Labute approximate surface area is 93.3 Å². The van der Waals surface area contributed by atoms with Crippen LogP contribution in [-0.2, 0) is 4.74 Å². The highest BCUT2D eigenvalue weighted by Crippen LogP contribution is 2.13. The molecule has 0 aliphatic carbocycles. The van der Waals surface area contributed by atoms with Gasteiger partial charge in [-0.15, -0.1) is 0 Å². The maximum atomic E-state index is 7.31. The quantitative estimate of drug-likeness (QED) is 0.497. The Morgan fingerprint density at radius 2 is 2.07 bits per heavy atom. The van der Waals surface area contributed by atoms with Crippen molar-refractivity contribution in [1.82, 2.24) is 4.90 Å². The highest BCUT2D eigenvalue weighted by Gasteiger charge is 2.17. The lowest BCUT2D eigenvalue weighted by atomic mass is 10.0. The minimum absolute atomic E-state index is 0.0757. The Kier molecular flexibility index (Phi) is 5.83. The summed E-state index contributed by atoms with van der Waals surface area (Å²) in [6, 6.07) is 0. The Hall–Kier alpha value is -0.610. The number of amidine groups is 1. The fraction of sp³-hybridized carbons (Fsp3) is 0.909. The lowest BCUT2D eigenvalue weighted by Crippen LogP contribution is -2.35. The van der Waals surface area contributed by atoms with E-state index in [0.717, 1.165) is 19.5 Å². The topological polar surface area (TPSA) is 62.3 Å². The zero-order valence-corrected chi connectivity index (χ0v) is 10.6. The molecule has 0 radical (unpaired) electrons. The smallest absolute Gasteiger partial charge is 0.0947 e. The number of ether oxygens (including phenoxy) is 1. The predicted molar refractivity (Wildman–Crippen MR) is 64.3 cm³/mol. The maximum absolute atomic E-state index is 7.31. The van der Waals surface area contributed by atoms with E-state index < -0.39 is 0 Å². The molecule has 0 fully saturated rings. The van der Waals surface area contributed by atoms with E-state index in [-0.39, 0.29) is 17.4 Å². The number of nitrogens with two attached hydrogens (primary N) is 1. The lowest BCUT2D eigenvalue weighted by Gasteiger charge is -2.27. The Bertz CT molecular complexity index is 204. The van der Waals surface area contributed by atoms with E-state index in [9.17, 15) is 0 Å². The molecule has 1 unspecified atom stereocenters. The first-order valence-electron chi connectivity index (χ1n) is 5.36. The van der Waals surface area contributed by atoms with Crippen LogP contribution >= 0.6 is 0 Å². The average Bonchev–Trinajstić information content (AvgIpc) is 2.15. The van der Waals surface area contributed by atoms with E-state index >= 15 is 0 Å². The van der Waals surface area contributed by atoms with E-state index in [4.69, 9.17) is 15.9 Å². The van der Waals surface area contributed by atoms with E-state index in [1.807, 2.05) is 14.0 Å². The van der Waals surface area contributed by atoms with Gasteiger partial charge in [0.2, 0.25) is 0 Å². The van der Waals surface area contributed by atoms with Gasteiger partial charge in [0.15, 0.2) is 0 Å². The number of hydrogen-bond donors (Lipinski definition) is 2. The van der Waals surface area contributed by atoms with Gasteiger partial charge in [0.05, 0.1) is 11.4 Å². The summed E-state index contributed by atoms with van der Waals surface area (Å²) < 4.78 is 5.35. The summed E-state index contributed by atoms with van der Waals surface area (Å²) in [4.78, 5) is 2.19. The van der Waals surface area contributed by atoms with Gasteiger partial charge in [-0.2, -0.15) is 0 Å². The molecule has 0 aliphatic rings. The standard InChI is InChI=1S/C11H25N3O/c1-9(10(12)13)8-14(4)7-6-11(2,3)15-5/h9H,6-8H2,1-5H3,(H3,12,13). The summed E-state index contributed by atoms with van der Waals surface area (Å²) in [5.74, 6) is 0.383. The van der Waals surface area contributed by atoms with Crippen molar-refractivity contribution in [3.8, 4) is 0 Å². The molecule has 4 nitrogen and oxygen atoms in total. The number of rotatable bonds is 7. The predicted octanol–water partition coefficient (Wildman–Crippen LogP) is 1.31. The van der Waals surface area contributed by atoms with Gasteiger partial charge >= 0.3 is 0 Å². The first-order valence-corrected chi connectivity index (χ1v) is 5.36. The third kappa shape index (κ3) is 6.47. The van der Waals surface area contributed by atoms with Gasteiger partial charge in [0, 0.05) is 26.1 Å². The van der Waals surface area contributed by atoms with Gasteiger partial charge in [-0.3, -0.25) is 5.41 Å². The maximum Gasteiger partial charge on any atom is 0.0947 e. The van der Waals surface area contributed by atoms with Crippen molar-refractivity contribution >= 4 is 5.84 Å². The second-order valence-corrected chi connectivity index (χ2v) is 4.83. The van der Waals surface area contributed by atoms with Gasteiger partial charge in [-0.1, -0.05) is 6.92 Å². The minimum Gasteiger partial charge on any atom is -0.387 e. The molecule has 4 heteroatoms. The Morgan fingerprint density at radius 1 is 1.53 bits per heavy atom. The molecule has 15 heavy (non-hydrogen) atoms. The summed E-state index contributed by atoms with van der Waals surface area (Å²) in [6.45, 7) is 7.92. The summed E-state index contributed by atoms with van der Waals surface area (Å²) in [7, 11) is 3.78. The van der Waals surface area contributed by atoms with Gasteiger partial charge in [0.1, 0.15) is 0 Å². The second kappa shape index (κ2) is 6.08. The van der Waals surface area contributed by atoms with Gasteiger partial charge in [-0.25, -0.2) is 0 Å². The van der Waals surface area contributed by atoms with Crippen molar-refractivity contribution < 1.29 is 4.74 Å². The molecule has 0 saturated heterocycles. The van der Waals surface area contributed by atoms with Crippen LogP contribution in [0.5, 0.6) is 0 Å². The molecule has 0 rings (SSSR count). The Balaban J connectivity index is 3.85. The van der Waals surface area contributed by atoms with Crippen LogP contribution in [-0.4, -0.2) is 43.6 Å². The average molecular weight is 215 g/mol. The SMILES string of the molecule is COC(C)(C)CCN(C)CC(C)C(=N)N. The van der Waals surface area contributed by atoms with Crippen LogP contribution in [0, 0.1) is 11.3 Å². The Morgan fingerprint density at radius 3 is 2.47 bits per heavy atom. The summed E-state index contributed by atoms with van der Waals surface area (Å²) in [5, 5.41) is 7.31. The molecule has 0 bridgehead atoms. The van der Waals surface area contributed by atoms with Crippen LogP contribution in [0.25, 0.3) is 0 Å². The van der Waals surface area contributed by atoms with E-state index in [1.165, 1.54) is 0 Å². The van der Waals surface area contributed by atoms with Gasteiger partial charge in [0.25, 0.3) is 0 Å². The number of nitrogens with one attached hydrogen (secondary N) is 1. The van der Waals surface area contributed by atoms with E-state index in [0.29, 0.717) is 0 Å². The van der Waals surface area contributed by atoms with Crippen molar-refractivity contribution in [3.63, 3.8) is 0 Å². The largest absolute Gasteiger partial charge is 0.387 e. The normalized spacial score (nSPS) is 14.3. The molecule has 0 heterocycles. The summed E-state index contributed by atoms with van der Waals surface area (Å²) in [5.41, 5.74) is 5.35. The molecule has 0 amide bonds. The molecule has 0 aromatic carbocycles. The summed E-state index contributed by atoms with van der Waals surface area (Å²) >= 11 is 0. The van der Waals surface area contributed by atoms with E-state index in [1.54, 1.807) is 7.11 Å². The molecular formula is C11H25N3O. The highest BCUT2D eigenvalue weighted by atomic mass is 16.5. The van der Waals surface area contributed by atoms with Crippen LogP contribution in [0.1, 0.15) is 27.2 Å². The third-order valence-corrected chi connectivity index (χ3v) is 2.76.